The number of rotatable bonds is 7. The van der Waals surface area contributed by atoms with Gasteiger partial charge in [-0.25, -0.2) is 10.8 Å². The molecule has 17 heavy (non-hydrogen) atoms. The molecule has 5 N–H and O–H groups in total. The predicted molar refractivity (Wildman–Crippen MR) is 61.5 cm³/mol. The third-order valence-corrected chi connectivity index (χ3v) is 2.24. The van der Waals surface area contributed by atoms with Crippen molar-refractivity contribution in [3.05, 3.63) is 18.2 Å². The normalized spacial score (nSPS) is 9.94. The Kier molecular flexibility index (Phi) is 5.73. The average molecular weight is 239 g/mol. The zero-order chi connectivity index (χ0) is 12.5. The summed E-state index contributed by atoms with van der Waals surface area (Å²) in [6, 6.07) is 0. The van der Waals surface area contributed by atoms with Crippen molar-refractivity contribution in [2.75, 3.05) is 6.54 Å². The van der Waals surface area contributed by atoms with Crippen molar-refractivity contribution in [1.29, 1.82) is 0 Å². The Balaban J connectivity index is 2.03. The van der Waals surface area contributed by atoms with E-state index in [1.807, 2.05) is 5.43 Å². The highest BCUT2D eigenvalue weighted by molar-refractivity contribution is 5.78. The number of nitrogens with zero attached hydrogens (tertiary/aromatic N) is 1. The molecule has 0 aliphatic carbocycles. The van der Waals surface area contributed by atoms with Gasteiger partial charge in [0.2, 0.25) is 11.8 Å². The average Bonchev–Trinajstić information content (AvgIpc) is 2.82. The minimum absolute atomic E-state index is 0.0608. The molecule has 2 amide bonds. The maximum absolute atomic E-state index is 11.3. The van der Waals surface area contributed by atoms with Crippen LogP contribution in [0, 0.1) is 0 Å². The molecule has 0 saturated carbocycles. The first-order chi connectivity index (χ1) is 8.22. The van der Waals surface area contributed by atoms with E-state index < -0.39 is 0 Å². The van der Waals surface area contributed by atoms with Crippen molar-refractivity contribution in [3.63, 3.8) is 0 Å². The van der Waals surface area contributed by atoms with E-state index in [-0.39, 0.29) is 18.2 Å². The van der Waals surface area contributed by atoms with Gasteiger partial charge in [-0.2, -0.15) is 0 Å². The van der Waals surface area contributed by atoms with Crippen molar-refractivity contribution in [2.24, 2.45) is 5.84 Å². The van der Waals surface area contributed by atoms with E-state index in [0.29, 0.717) is 19.4 Å². The van der Waals surface area contributed by atoms with Gasteiger partial charge in [-0.3, -0.25) is 15.0 Å². The van der Waals surface area contributed by atoms with Crippen LogP contribution in [-0.4, -0.2) is 28.3 Å². The second kappa shape index (κ2) is 7.39. The monoisotopic (exact) mass is 239 g/mol. The van der Waals surface area contributed by atoms with Crippen LogP contribution in [0.4, 0.5) is 0 Å². The Bertz CT molecular complexity index is 350. The summed E-state index contributed by atoms with van der Waals surface area (Å²) in [6.45, 7) is 0.560. The lowest BCUT2D eigenvalue weighted by Gasteiger charge is -2.03. The number of hydrazine groups is 1. The predicted octanol–water partition coefficient (Wildman–Crippen LogP) is -0.771. The summed E-state index contributed by atoms with van der Waals surface area (Å²) in [6.07, 6.45) is 5.13. The van der Waals surface area contributed by atoms with Gasteiger partial charge in [0.15, 0.2) is 0 Å². The number of aromatic amines is 1. The van der Waals surface area contributed by atoms with E-state index in [0.717, 1.165) is 12.1 Å². The summed E-state index contributed by atoms with van der Waals surface area (Å²) in [4.78, 5) is 28.9. The van der Waals surface area contributed by atoms with E-state index in [1.165, 1.54) is 0 Å². The Morgan fingerprint density at radius 1 is 1.35 bits per heavy atom. The summed E-state index contributed by atoms with van der Waals surface area (Å²) in [5.74, 6) is 4.60. The SMILES string of the molecule is NNC(=O)CCCC(=O)NCCc1cnc[nH]1. The van der Waals surface area contributed by atoms with Crippen molar-refractivity contribution in [1.82, 2.24) is 20.7 Å². The number of carbonyl (C=O) groups is 2. The Hall–Kier alpha value is -1.89. The van der Waals surface area contributed by atoms with Crippen LogP contribution in [0.25, 0.3) is 0 Å². The van der Waals surface area contributed by atoms with Crippen molar-refractivity contribution < 1.29 is 9.59 Å². The van der Waals surface area contributed by atoms with Gasteiger partial charge in [0, 0.05) is 37.7 Å². The molecule has 0 unspecified atom stereocenters. The maximum atomic E-state index is 11.3. The molecule has 1 heterocycles. The molecular weight excluding hydrogens is 222 g/mol. The molecule has 7 heteroatoms. The molecular formula is C10H17N5O2. The molecule has 0 spiro atoms. The quantitative estimate of drug-likeness (QED) is 0.284. The van der Waals surface area contributed by atoms with Crippen LogP contribution in [0.15, 0.2) is 12.5 Å². The van der Waals surface area contributed by atoms with Crippen LogP contribution in [0.1, 0.15) is 25.0 Å². The van der Waals surface area contributed by atoms with Crippen molar-refractivity contribution in [3.8, 4) is 0 Å². The van der Waals surface area contributed by atoms with Gasteiger partial charge in [-0.05, 0) is 6.42 Å². The number of nitrogens with one attached hydrogen (secondary N) is 3. The molecule has 0 fully saturated rings. The molecule has 0 saturated heterocycles. The highest BCUT2D eigenvalue weighted by Gasteiger charge is 2.03. The van der Waals surface area contributed by atoms with Gasteiger partial charge in [0.1, 0.15) is 0 Å². The number of H-pyrrole nitrogens is 1. The first-order valence-corrected chi connectivity index (χ1v) is 5.45. The number of amides is 2. The minimum atomic E-state index is -0.254. The standard InChI is InChI=1S/C10H17N5O2/c11-15-10(17)3-1-2-9(16)13-5-4-8-6-12-7-14-8/h6-7H,1-5,11H2,(H,12,14)(H,13,16)(H,15,17). The summed E-state index contributed by atoms with van der Waals surface area (Å²) in [5, 5.41) is 2.76. The Labute approximate surface area is 99.1 Å². The molecule has 0 aliphatic heterocycles. The molecule has 0 aliphatic rings. The highest BCUT2D eigenvalue weighted by Crippen LogP contribution is 1.95. The van der Waals surface area contributed by atoms with Gasteiger partial charge in [-0.15, -0.1) is 0 Å². The Morgan fingerprint density at radius 2 is 2.12 bits per heavy atom. The fourth-order valence-corrected chi connectivity index (χ4v) is 1.33. The zero-order valence-electron chi connectivity index (χ0n) is 9.53. The topological polar surface area (TPSA) is 113 Å². The second-order valence-electron chi connectivity index (χ2n) is 3.60. The van der Waals surface area contributed by atoms with Gasteiger partial charge >= 0.3 is 0 Å². The lowest BCUT2D eigenvalue weighted by Crippen LogP contribution is -2.30. The molecule has 0 atom stereocenters. The van der Waals surface area contributed by atoms with E-state index >= 15 is 0 Å². The molecule has 1 aromatic rings. The Morgan fingerprint density at radius 3 is 2.76 bits per heavy atom. The van der Waals surface area contributed by atoms with Crippen molar-refractivity contribution >= 4 is 11.8 Å². The highest BCUT2D eigenvalue weighted by atomic mass is 16.2. The molecule has 0 radical (unpaired) electrons. The molecule has 1 aromatic heterocycles. The van der Waals surface area contributed by atoms with Crippen LogP contribution in [-0.2, 0) is 16.0 Å². The number of hydrogen-bond acceptors (Lipinski definition) is 4. The van der Waals surface area contributed by atoms with Crippen LogP contribution in [0.3, 0.4) is 0 Å². The maximum Gasteiger partial charge on any atom is 0.233 e. The largest absolute Gasteiger partial charge is 0.356 e. The number of aromatic nitrogens is 2. The molecule has 0 bridgehead atoms. The fourth-order valence-electron chi connectivity index (χ4n) is 1.33. The molecule has 1 rings (SSSR count). The zero-order valence-corrected chi connectivity index (χ0v) is 9.53. The van der Waals surface area contributed by atoms with Crippen LogP contribution < -0.4 is 16.6 Å². The van der Waals surface area contributed by atoms with Gasteiger partial charge < -0.3 is 10.3 Å². The van der Waals surface area contributed by atoms with E-state index in [9.17, 15) is 9.59 Å². The first kappa shape index (κ1) is 13.2. The van der Waals surface area contributed by atoms with E-state index in [4.69, 9.17) is 5.84 Å². The van der Waals surface area contributed by atoms with Crippen molar-refractivity contribution in [2.45, 2.75) is 25.7 Å². The van der Waals surface area contributed by atoms with Gasteiger partial charge in [-0.1, -0.05) is 0 Å². The third kappa shape index (κ3) is 5.67. The molecule has 7 nitrogen and oxygen atoms in total. The van der Waals surface area contributed by atoms with E-state index in [2.05, 4.69) is 15.3 Å². The van der Waals surface area contributed by atoms with Gasteiger partial charge in [0.05, 0.1) is 6.33 Å². The van der Waals surface area contributed by atoms with Crippen LogP contribution >= 0.6 is 0 Å². The second-order valence-corrected chi connectivity index (χ2v) is 3.60. The molecule has 0 aromatic carbocycles. The number of hydrogen-bond donors (Lipinski definition) is 4. The minimum Gasteiger partial charge on any atom is -0.356 e. The fraction of sp³-hybridized carbons (Fsp3) is 0.500. The van der Waals surface area contributed by atoms with Crippen LogP contribution in [0.2, 0.25) is 0 Å². The van der Waals surface area contributed by atoms with E-state index in [1.54, 1.807) is 12.5 Å². The van der Waals surface area contributed by atoms with Gasteiger partial charge in [0.25, 0.3) is 0 Å². The summed E-state index contributed by atoms with van der Waals surface area (Å²) in [5.41, 5.74) is 3.00. The molecule has 94 valence electrons. The summed E-state index contributed by atoms with van der Waals surface area (Å²) < 4.78 is 0. The first-order valence-electron chi connectivity index (χ1n) is 5.45. The lowest BCUT2D eigenvalue weighted by molar-refractivity contribution is -0.122. The smallest absolute Gasteiger partial charge is 0.233 e. The number of imidazole rings is 1. The summed E-state index contributed by atoms with van der Waals surface area (Å²) in [7, 11) is 0. The summed E-state index contributed by atoms with van der Waals surface area (Å²) >= 11 is 0. The third-order valence-electron chi connectivity index (χ3n) is 2.24. The number of carbonyl (C=O) groups excluding carboxylic acids is 2. The van der Waals surface area contributed by atoms with Crippen LogP contribution in [0.5, 0.6) is 0 Å². The number of nitrogens with two attached hydrogens (primary N) is 1. The lowest BCUT2D eigenvalue weighted by atomic mass is 10.2.